The Balaban J connectivity index is 2.48. The molecule has 0 aromatic heterocycles. The number of carbonyl (C=O) groups excluding carboxylic acids is 1. The Morgan fingerprint density at radius 3 is 1.53 bits per heavy atom. The van der Waals surface area contributed by atoms with Gasteiger partial charge in [-0.3, -0.25) is 13.8 Å². The number of esters is 1. The molecule has 0 heterocycles. The van der Waals surface area contributed by atoms with Crippen LogP contribution in [-0.4, -0.2) is 92.3 Å². The van der Waals surface area contributed by atoms with Crippen LogP contribution >= 0.6 is 7.82 Å². The zero-order chi connectivity index (χ0) is 39.2. The number of hydrogen-bond acceptors (Lipinski definition) is 11. The number of ether oxygens (including phenoxy) is 2. The molecule has 0 amide bonds. The molecule has 0 aliphatic heterocycles. The van der Waals surface area contributed by atoms with Gasteiger partial charge in [-0.2, -0.15) is 0 Å². The van der Waals surface area contributed by atoms with Gasteiger partial charge in [0, 0.05) is 6.42 Å². The predicted molar refractivity (Wildman–Crippen MR) is 207 cm³/mol. The first-order valence-electron chi connectivity index (χ1n) is 20.7. The van der Waals surface area contributed by atoms with Crippen molar-refractivity contribution in [1.82, 2.24) is 0 Å². The minimum atomic E-state index is -5.03. The van der Waals surface area contributed by atoms with Crippen LogP contribution in [0.2, 0.25) is 0 Å². The van der Waals surface area contributed by atoms with Crippen LogP contribution in [0.15, 0.2) is 24.5 Å². The van der Waals surface area contributed by atoms with E-state index in [0.717, 1.165) is 57.8 Å². The summed E-state index contributed by atoms with van der Waals surface area (Å²) in [4.78, 5) is 23.0. The first-order chi connectivity index (χ1) is 25.5. The number of aliphatic hydroxyl groups is 5. The van der Waals surface area contributed by atoms with Gasteiger partial charge in [-0.05, 0) is 51.0 Å². The Labute approximate surface area is 320 Å². The number of carbonyl (C=O) groups is 1. The number of aliphatic hydroxyl groups excluding tert-OH is 5. The van der Waals surface area contributed by atoms with Crippen LogP contribution in [0.4, 0.5) is 0 Å². The second kappa shape index (κ2) is 31.8. The minimum absolute atomic E-state index is 0.161. The summed E-state index contributed by atoms with van der Waals surface area (Å²) in [5.41, 5.74) is 0. The largest absolute Gasteiger partial charge is 0.498 e. The molecule has 0 radical (unpaired) electrons. The summed E-state index contributed by atoms with van der Waals surface area (Å²) in [6.07, 6.45) is 21.9. The van der Waals surface area contributed by atoms with Crippen LogP contribution in [0.3, 0.4) is 0 Å². The fourth-order valence-corrected chi connectivity index (χ4v) is 7.23. The topological polar surface area (TPSA) is 192 Å². The quantitative estimate of drug-likeness (QED) is 0.0123. The third-order valence-electron chi connectivity index (χ3n) is 9.64. The first-order valence-corrected chi connectivity index (χ1v) is 22.2. The molecule has 1 aliphatic rings. The third kappa shape index (κ3) is 24.7. The lowest BCUT2D eigenvalue weighted by Crippen LogP contribution is -2.64. The SMILES string of the molecule is CCCCC/C=C\CCCCCCCC(=O)O[C@H](CO/C=C\CCCCCCCCCCCCCC)COP(=O)(O)OC1C(O)C(O)C(O)[C@@H](O)C1O. The lowest BCUT2D eigenvalue weighted by Gasteiger charge is -2.41. The van der Waals surface area contributed by atoms with Crippen LogP contribution in [0.1, 0.15) is 168 Å². The van der Waals surface area contributed by atoms with E-state index in [-0.39, 0.29) is 13.0 Å². The molecule has 1 fully saturated rings. The van der Waals surface area contributed by atoms with Gasteiger partial charge in [-0.25, -0.2) is 4.57 Å². The molecular weight excluding hydrogens is 703 g/mol. The third-order valence-corrected chi connectivity index (χ3v) is 10.6. The van der Waals surface area contributed by atoms with E-state index in [2.05, 4.69) is 26.0 Å². The molecule has 13 heteroatoms. The summed E-state index contributed by atoms with van der Waals surface area (Å²) in [6.45, 7) is 3.67. The molecule has 0 aromatic carbocycles. The van der Waals surface area contributed by atoms with E-state index < -0.39 is 63.1 Å². The number of unbranched alkanes of at least 4 members (excludes halogenated alkanes) is 20. The van der Waals surface area contributed by atoms with Crippen molar-refractivity contribution >= 4 is 13.8 Å². The van der Waals surface area contributed by atoms with Crippen LogP contribution in [0.5, 0.6) is 0 Å². The van der Waals surface area contributed by atoms with Crippen molar-refractivity contribution in [3.8, 4) is 0 Å². The van der Waals surface area contributed by atoms with Gasteiger partial charge in [-0.15, -0.1) is 0 Å². The van der Waals surface area contributed by atoms with Crippen LogP contribution in [0.25, 0.3) is 0 Å². The molecule has 0 saturated heterocycles. The van der Waals surface area contributed by atoms with Crippen molar-refractivity contribution in [2.75, 3.05) is 13.2 Å². The van der Waals surface area contributed by atoms with Crippen molar-refractivity contribution in [1.29, 1.82) is 0 Å². The van der Waals surface area contributed by atoms with E-state index in [0.29, 0.717) is 6.42 Å². The molecule has 6 unspecified atom stereocenters. The molecule has 312 valence electrons. The number of rotatable bonds is 34. The second-order valence-electron chi connectivity index (χ2n) is 14.6. The highest BCUT2D eigenvalue weighted by atomic mass is 31.2. The number of hydrogen-bond donors (Lipinski definition) is 6. The average Bonchev–Trinajstić information content (AvgIpc) is 3.14. The minimum Gasteiger partial charge on any atom is -0.498 e. The van der Waals surface area contributed by atoms with Gasteiger partial charge in [-0.1, -0.05) is 129 Å². The standard InChI is InChI=1S/C40H75O12P/c1-3-5-7-9-11-13-15-17-18-20-22-24-26-28-30-49-31-33(51-34(41)29-27-25-23-21-19-16-14-12-10-8-6-4-2)32-50-53(47,48)52-40-38(45)36(43)35(42)37(44)39(40)46/h12,14,28,30,33,35-40,42-46H,3-11,13,15-27,29,31-32H2,1-2H3,(H,47,48)/b14-12-,30-28-/t33-,35?,36-,37?,38?,39?,40?/m1/s1. The lowest BCUT2D eigenvalue weighted by molar-refractivity contribution is -0.220. The molecule has 0 aromatic rings. The summed E-state index contributed by atoms with van der Waals surface area (Å²) in [5.74, 6) is -0.510. The summed E-state index contributed by atoms with van der Waals surface area (Å²) in [6, 6.07) is 0. The van der Waals surface area contributed by atoms with E-state index in [4.69, 9.17) is 18.5 Å². The Hall–Kier alpha value is -1.34. The fourth-order valence-electron chi connectivity index (χ4n) is 6.26. The van der Waals surface area contributed by atoms with E-state index in [9.17, 15) is 39.8 Å². The summed E-state index contributed by atoms with van der Waals surface area (Å²) >= 11 is 0. The summed E-state index contributed by atoms with van der Waals surface area (Å²) in [7, 11) is -5.03. The zero-order valence-electron chi connectivity index (χ0n) is 32.8. The Bertz CT molecular complexity index is 979. The number of allylic oxidation sites excluding steroid dienone is 3. The molecule has 0 spiro atoms. The maximum atomic E-state index is 12.7. The molecular formula is C40H75O12P. The Morgan fingerprint density at radius 2 is 1.00 bits per heavy atom. The highest BCUT2D eigenvalue weighted by Gasteiger charge is 2.51. The molecule has 1 aliphatic carbocycles. The van der Waals surface area contributed by atoms with Crippen LogP contribution in [0, 0.1) is 0 Å². The maximum Gasteiger partial charge on any atom is 0.472 e. The maximum absolute atomic E-state index is 12.7. The van der Waals surface area contributed by atoms with E-state index in [1.807, 2.05) is 6.08 Å². The van der Waals surface area contributed by atoms with Gasteiger partial charge in [0.15, 0.2) is 6.10 Å². The summed E-state index contributed by atoms with van der Waals surface area (Å²) in [5, 5.41) is 50.0. The molecule has 6 N–H and O–H groups in total. The Morgan fingerprint density at radius 1 is 0.585 bits per heavy atom. The van der Waals surface area contributed by atoms with E-state index in [1.54, 1.807) is 0 Å². The molecule has 1 saturated carbocycles. The van der Waals surface area contributed by atoms with Crippen molar-refractivity contribution < 1.29 is 58.3 Å². The summed E-state index contributed by atoms with van der Waals surface area (Å²) < 4.78 is 33.8. The number of phosphoric acid groups is 1. The zero-order valence-corrected chi connectivity index (χ0v) is 33.7. The van der Waals surface area contributed by atoms with Crippen LogP contribution in [-0.2, 0) is 27.9 Å². The molecule has 53 heavy (non-hydrogen) atoms. The first kappa shape index (κ1) is 49.7. The number of phosphoric ester groups is 1. The average molecular weight is 779 g/mol. The van der Waals surface area contributed by atoms with Crippen molar-refractivity contribution in [3.05, 3.63) is 24.5 Å². The highest BCUT2D eigenvalue weighted by molar-refractivity contribution is 7.47. The van der Waals surface area contributed by atoms with Gasteiger partial charge in [0.05, 0.1) is 12.9 Å². The normalized spacial score (nSPS) is 23.8. The Kier molecular flexibility index (Phi) is 29.8. The molecule has 8 atom stereocenters. The molecule has 1 rings (SSSR count). The van der Waals surface area contributed by atoms with Crippen molar-refractivity contribution in [3.63, 3.8) is 0 Å². The van der Waals surface area contributed by atoms with E-state index >= 15 is 0 Å². The molecule has 12 nitrogen and oxygen atoms in total. The lowest BCUT2D eigenvalue weighted by atomic mass is 9.85. The van der Waals surface area contributed by atoms with Gasteiger partial charge in [0.1, 0.15) is 43.2 Å². The van der Waals surface area contributed by atoms with Gasteiger partial charge in [0.2, 0.25) is 0 Å². The second-order valence-corrected chi connectivity index (χ2v) is 16.0. The predicted octanol–water partition coefficient (Wildman–Crippen LogP) is 7.71. The van der Waals surface area contributed by atoms with Crippen molar-refractivity contribution in [2.45, 2.75) is 211 Å². The van der Waals surface area contributed by atoms with Gasteiger partial charge in [0.25, 0.3) is 0 Å². The van der Waals surface area contributed by atoms with E-state index in [1.165, 1.54) is 89.7 Å². The van der Waals surface area contributed by atoms with Gasteiger partial charge < -0.3 is 39.9 Å². The highest BCUT2D eigenvalue weighted by Crippen LogP contribution is 2.47. The fraction of sp³-hybridized carbons (Fsp3) is 0.875. The van der Waals surface area contributed by atoms with Crippen LogP contribution < -0.4 is 0 Å². The van der Waals surface area contributed by atoms with Crippen molar-refractivity contribution in [2.24, 2.45) is 0 Å². The molecule has 0 bridgehead atoms. The van der Waals surface area contributed by atoms with Gasteiger partial charge >= 0.3 is 13.8 Å². The monoisotopic (exact) mass is 778 g/mol. The smallest absolute Gasteiger partial charge is 0.472 e.